The number of aromatic hydroxyl groups is 1. The van der Waals surface area contributed by atoms with Gasteiger partial charge in [-0.05, 0) is 0 Å². The van der Waals surface area contributed by atoms with Gasteiger partial charge in [0.25, 0.3) is 0 Å². The van der Waals surface area contributed by atoms with E-state index >= 15 is 0 Å². The van der Waals surface area contributed by atoms with Gasteiger partial charge in [0.2, 0.25) is 0 Å². The zero-order chi connectivity index (χ0) is 8.27. The zero-order valence-corrected chi connectivity index (χ0v) is 5.52. The lowest BCUT2D eigenvalue weighted by Gasteiger charge is -1.96. The van der Waals surface area contributed by atoms with E-state index in [1.165, 1.54) is 6.20 Å². The average Bonchev–Trinajstić information content (AvgIpc) is 2.04. The van der Waals surface area contributed by atoms with Crippen LogP contribution in [0.5, 0.6) is 5.75 Å². The lowest BCUT2D eigenvalue weighted by molar-refractivity contribution is 0.109. The number of nitrogens with zero attached hydrogens (tertiary/aromatic N) is 1. The highest BCUT2D eigenvalue weighted by Gasteiger charge is 2.05. The fourth-order valence-corrected chi connectivity index (χ4v) is 0.697. The molecule has 0 aromatic carbocycles. The van der Waals surface area contributed by atoms with Crippen LogP contribution in [0.15, 0.2) is 12.4 Å². The van der Waals surface area contributed by atoms with E-state index in [0.717, 1.165) is 6.20 Å². The summed E-state index contributed by atoms with van der Waals surface area (Å²) in [5, 5.41) is 8.97. The second kappa shape index (κ2) is 2.92. The van der Waals surface area contributed by atoms with Crippen LogP contribution in [-0.2, 0) is 0 Å². The summed E-state index contributed by atoms with van der Waals surface area (Å²) in [7, 11) is 0. The van der Waals surface area contributed by atoms with Gasteiger partial charge in [-0.25, -0.2) is 0 Å². The molecular weight excluding hydrogens is 146 g/mol. The van der Waals surface area contributed by atoms with Gasteiger partial charge in [-0.2, -0.15) is 0 Å². The molecule has 11 heavy (non-hydrogen) atoms. The van der Waals surface area contributed by atoms with Gasteiger partial charge in [-0.15, -0.1) is 0 Å². The minimum Gasteiger partial charge on any atom is -0.506 e. The maximum Gasteiger partial charge on any atom is 0.154 e. The molecule has 4 nitrogen and oxygen atoms in total. The smallest absolute Gasteiger partial charge is 0.154 e. The van der Waals surface area contributed by atoms with Crippen molar-refractivity contribution in [3.05, 3.63) is 23.5 Å². The third-order valence-corrected chi connectivity index (χ3v) is 1.24. The van der Waals surface area contributed by atoms with Gasteiger partial charge in [-0.3, -0.25) is 14.6 Å². The largest absolute Gasteiger partial charge is 0.506 e. The monoisotopic (exact) mass is 151 g/mol. The second-order valence-electron chi connectivity index (χ2n) is 1.90. The van der Waals surface area contributed by atoms with E-state index in [1.807, 2.05) is 0 Å². The van der Waals surface area contributed by atoms with Crippen molar-refractivity contribution in [3.63, 3.8) is 0 Å². The summed E-state index contributed by atoms with van der Waals surface area (Å²) in [5.41, 5.74) is 0.0787. The molecule has 0 radical (unpaired) electrons. The molecule has 0 unspecified atom stereocenters. The van der Waals surface area contributed by atoms with Gasteiger partial charge in [0, 0.05) is 11.8 Å². The molecule has 1 heterocycles. The van der Waals surface area contributed by atoms with Crippen LogP contribution < -0.4 is 0 Å². The van der Waals surface area contributed by atoms with Crippen molar-refractivity contribution in [2.75, 3.05) is 0 Å². The molecule has 56 valence electrons. The highest BCUT2D eigenvalue weighted by atomic mass is 16.3. The van der Waals surface area contributed by atoms with E-state index < -0.39 is 0 Å². The standard InChI is InChI=1S/C7H5NO3/c9-3-5-1-8-2-7(11)6(5)4-10/h1-4,11H. The number of hydrogen-bond donors (Lipinski definition) is 1. The van der Waals surface area contributed by atoms with Crippen molar-refractivity contribution in [1.82, 2.24) is 4.98 Å². The highest BCUT2D eigenvalue weighted by molar-refractivity contribution is 5.92. The molecule has 0 spiro atoms. The predicted molar refractivity (Wildman–Crippen MR) is 36.7 cm³/mol. The van der Waals surface area contributed by atoms with Gasteiger partial charge in [0.15, 0.2) is 12.6 Å². The average molecular weight is 151 g/mol. The Balaban J connectivity index is 3.35. The number of hydrogen-bond acceptors (Lipinski definition) is 4. The number of rotatable bonds is 2. The lowest BCUT2D eigenvalue weighted by Crippen LogP contribution is -1.92. The molecule has 0 fully saturated rings. The number of carbonyl (C=O) groups excluding carboxylic acids is 2. The molecule has 0 aliphatic carbocycles. The summed E-state index contributed by atoms with van der Waals surface area (Å²) in [6.07, 6.45) is 3.21. The molecule has 0 atom stereocenters. The van der Waals surface area contributed by atoms with Crippen LogP contribution in [0.1, 0.15) is 20.7 Å². The summed E-state index contributed by atoms with van der Waals surface area (Å²) in [4.78, 5) is 24.0. The molecule has 0 saturated carbocycles. The second-order valence-corrected chi connectivity index (χ2v) is 1.90. The summed E-state index contributed by atoms with van der Waals surface area (Å²) < 4.78 is 0. The highest BCUT2D eigenvalue weighted by Crippen LogP contribution is 2.14. The van der Waals surface area contributed by atoms with Crippen LogP contribution in [0, 0.1) is 0 Å². The minimum absolute atomic E-state index is 0.0185. The molecule has 0 aliphatic heterocycles. The first kappa shape index (κ1) is 7.40. The van der Waals surface area contributed by atoms with Crippen molar-refractivity contribution >= 4 is 12.6 Å². The predicted octanol–water partition coefficient (Wildman–Crippen LogP) is 0.412. The molecule has 1 aromatic heterocycles. The van der Waals surface area contributed by atoms with Crippen molar-refractivity contribution in [2.45, 2.75) is 0 Å². The molecule has 1 rings (SSSR count). The lowest BCUT2D eigenvalue weighted by atomic mass is 10.1. The Morgan fingerprint density at radius 3 is 2.45 bits per heavy atom. The van der Waals surface area contributed by atoms with Gasteiger partial charge >= 0.3 is 0 Å². The van der Waals surface area contributed by atoms with Gasteiger partial charge in [0.1, 0.15) is 5.75 Å². The maximum atomic E-state index is 10.3. The Bertz CT molecular complexity index is 296. The fraction of sp³-hybridized carbons (Fsp3) is 0. The van der Waals surface area contributed by atoms with Gasteiger partial charge < -0.3 is 5.11 Å². The Morgan fingerprint density at radius 1 is 1.27 bits per heavy atom. The van der Waals surface area contributed by atoms with E-state index in [2.05, 4.69) is 4.98 Å². The minimum atomic E-state index is -0.274. The van der Waals surface area contributed by atoms with Crippen molar-refractivity contribution in [1.29, 1.82) is 0 Å². The van der Waals surface area contributed by atoms with Crippen LogP contribution >= 0.6 is 0 Å². The molecule has 0 amide bonds. The van der Waals surface area contributed by atoms with Crippen LogP contribution in [0.3, 0.4) is 0 Å². The van der Waals surface area contributed by atoms with E-state index in [9.17, 15) is 9.59 Å². The zero-order valence-electron chi connectivity index (χ0n) is 5.52. The number of aromatic nitrogens is 1. The first-order valence-electron chi connectivity index (χ1n) is 2.87. The summed E-state index contributed by atoms with van der Waals surface area (Å²) in [6, 6.07) is 0. The third kappa shape index (κ3) is 1.24. The number of carbonyl (C=O) groups is 2. The first-order valence-corrected chi connectivity index (χ1v) is 2.87. The quantitative estimate of drug-likeness (QED) is 0.621. The van der Waals surface area contributed by atoms with Crippen molar-refractivity contribution in [3.8, 4) is 5.75 Å². The molecule has 0 bridgehead atoms. The van der Waals surface area contributed by atoms with Crippen LogP contribution in [0.2, 0.25) is 0 Å². The SMILES string of the molecule is O=Cc1cncc(O)c1C=O. The Morgan fingerprint density at radius 2 is 2.00 bits per heavy atom. The Hall–Kier alpha value is -1.71. The molecule has 1 aromatic rings. The normalized spacial score (nSPS) is 9.09. The summed E-state index contributed by atoms with van der Waals surface area (Å²) >= 11 is 0. The summed E-state index contributed by atoms with van der Waals surface area (Å²) in [6.45, 7) is 0. The first-order chi connectivity index (χ1) is 5.29. The summed E-state index contributed by atoms with van der Waals surface area (Å²) in [5.74, 6) is -0.274. The Labute approximate surface area is 62.5 Å². The van der Waals surface area contributed by atoms with Crippen LogP contribution in [0.4, 0.5) is 0 Å². The third-order valence-electron chi connectivity index (χ3n) is 1.24. The molecule has 0 saturated heterocycles. The number of aldehydes is 2. The Kier molecular flexibility index (Phi) is 1.96. The van der Waals surface area contributed by atoms with E-state index in [4.69, 9.17) is 5.11 Å². The van der Waals surface area contributed by atoms with Crippen LogP contribution in [-0.4, -0.2) is 22.7 Å². The van der Waals surface area contributed by atoms with Crippen molar-refractivity contribution in [2.24, 2.45) is 0 Å². The van der Waals surface area contributed by atoms with E-state index in [0.29, 0.717) is 12.6 Å². The van der Waals surface area contributed by atoms with Crippen LogP contribution in [0.25, 0.3) is 0 Å². The number of pyridine rings is 1. The van der Waals surface area contributed by atoms with Crippen molar-refractivity contribution < 1.29 is 14.7 Å². The van der Waals surface area contributed by atoms with E-state index in [1.54, 1.807) is 0 Å². The van der Waals surface area contributed by atoms with Gasteiger partial charge in [-0.1, -0.05) is 0 Å². The molecular formula is C7H5NO3. The van der Waals surface area contributed by atoms with E-state index in [-0.39, 0.29) is 16.9 Å². The maximum absolute atomic E-state index is 10.3. The fourth-order valence-electron chi connectivity index (χ4n) is 0.697. The topological polar surface area (TPSA) is 67.3 Å². The molecule has 4 heteroatoms. The van der Waals surface area contributed by atoms with Gasteiger partial charge in [0.05, 0.1) is 11.8 Å². The molecule has 0 aliphatic rings. The molecule has 1 N–H and O–H groups in total.